The zero-order valence-electron chi connectivity index (χ0n) is 7.72. The molecule has 2 nitrogen and oxygen atoms in total. The Hall–Kier alpha value is -0.0800. The van der Waals surface area contributed by atoms with E-state index in [4.69, 9.17) is 0 Å². The normalized spacial score (nSPS) is 33.8. The number of rotatable bonds is 0. The average Bonchev–Trinajstić information content (AvgIpc) is 1.86. The largest absolute Gasteiger partial charge is 0.391 e. The molecule has 2 atom stereocenters. The van der Waals surface area contributed by atoms with Crippen LogP contribution in [-0.2, 0) is 0 Å². The Balaban J connectivity index is 2.55. The molecule has 1 aliphatic heterocycles. The molecule has 0 radical (unpaired) electrons. The SMILES string of the molecule is CC(C)(C)[C@@H]1CCNC[C@@H]1O. The van der Waals surface area contributed by atoms with Crippen molar-refractivity contribution in [3.8, 4) is 0 Å². The molecule has 1 aliphatic rings. The summed E-state index contributed by atoms with van der Waals surface area (Å²) in [5, 5.41) is 12.8. The van der Waals surface area contributed by atoms with E-state index in [0.29, 0.717) is 5.92 Å². The summed E-state index contributed by atoms with van der Waals surface area (Å²) in [5.74, 6) is 0.462. The highest BCUT2D eigenvalue weighted by Crippen LogP contribution is 2.32. The Kier molecular flexibility index (Phi) is 2.55. The summed E-state index contributed by atoms with van der Waals surface area (Å²) in [7, 11) is 0. The van der Waals surface area contributed by atoms with Crippen LogP contribution in [0.15, 0.2) is 0 Å². The van der Waals surface area contributed by atoms with Crippen molar-refractivity contribution in [2.24, 2.45) is 11.3 Å². The molecule has 0 aromatic heterocycles. The summed E-state index contributed by atoms with van der Waals surface area (Å²) in [6, 6.07) is 0. The van der Waals surface area contributed by atoms with E-state index in [0.717, 1.165) is 19.5 Å². The van der Waals surface area contributed by atoms with Crippen LogP contribution in [0.5, 0.6) is 0 Å². The van der Waals surface area contributed by atoms with Gasteiger partial charge in [-0.25, -0.2) is 0 Å². The van der Waals surface area contributed by atoms with Gasteiger partial charge in [-0.1, -0.05) is 20.8 Å². The van der Waals surface area contributed by atoms with Crippen LogP contribution in [0, 0.1) is 11.3 Å². The molecule has 1 heterocycles. The second kappa shape index (κ2) is 3.11. The second-order valence-corrected chi connectivity index (χ2v) is 4.53. The zero-order chi connectivity index (χ0) is 8.48. The van der Waals surface area contributed by atoms with E-state index in [1.54, 1.807) is 0 Å². The third-order valence-corrected chi connectivity index (χ3v) is 2.56. The molecule has 66 valence electrons. The summed E-state index contributed by atoms with van der Waals surface area (Å²) in [5.41, 5.74) is 0.252. The average molecular weight is 157 g/mol. The first kappa shape index (κ1) is 9.01. The van der Waals surface area contributed by atoms with E-state index < -0.39 is 0 Å². The maximum atomic E-state index is 9.64. The van der Waals surface area contributed by atoms with Crippen molar-refractivity contribution in [2.75, 3.05) is 13.1 Å². The minimum absolute atomic E-state index is 0.149. The Morgan fingerprint density at radius 2 is 2.00 bits per heavy atom. The molecule has 0 unspecified atom stereocenters. The van der Waals surface area contributed by atoms with Crippen LogP contribution < -0.4 is 5.32 Å². The Labute approximate surface area is 69.0 Å². The van der Waals surface area contributed by atoms with Gasteiger partial charge < -0.3 is 10.4 Å². The standard InChI is InChI=1S/C9H19NO/c1-9(2,3)7-4-5-10-6-8(7)11/h7-8,10-11H,4-6H2,1-3H3/t7-,8+/m1/s1. The van der Waals surface area contributed by atoms with Crippen LogP contribution in [-0.4, -0.2) is 24.3 Å². The first-order valence-electron chi connectivity index (χ1n) is 4.40. The van der Waals surface area contributed by atoms with Crippen LogP contribution in [0.2, 0.25) is 0 Å². The molecule has 0 aromatic rings. The minimum atomic E-state index is -0.149. The van der Waals surface area contributed by atoms with Crippen molar-refractivity contribution in [3.05, 3.63) is 0 Å². The van der Waals surface area contributed by atoms with Crippen molar-refractivity contribution >= 4 is 0 Å². The van der Waals surface area contributed by atoms with Crippen molar-refractivity contribution in [1.29, 1.82) is 0 Å². The smallest absolute Gasteiger partial charge is 0.0698 e. The van der Waals surface area contributed by atoms with Crippen molar-refractivity contribution < 1.29 is 5.11 Å². The van der Waals surface area contributed by atoms with Gasteiger partial charge in [-0.2, -0.15) is 0 Å². The van der Waals surface area contributed by atoms with Crippen molar-refractivity contribution in [3.63, 3.8) is 0 Å². The van der Waals surface area contributed by atoms with E-state index >= 15 is 0 Å². The lowest BCUT2D eigenvalue weighted by Gasteiger charge is -2.38. The van der Waals surface area contributed by atoms with Crippen LogP contribution in [0.4, 0.5) is 0 Å². The summed E-state index contributed by atoms with van der Waals surface area (Å²) >= 11 is 0. The number of β-amino-alcohol motifs (C(OH)–C–C–N with tert-alkyl or cyclic N) is 1. The van der Waals surface area contributed by atoms with E-state index in [2.05, 4.69) is 26.1 Å². The zero-order valence-corrected chi connectivity index (χ0v) is 7.72. The van der Waals surface area contributed by atoms with Crippen LogP contribution in [0.25, 0.3) is 0 Å². The summed E-state index contributed by atoms with van der Waals surface area (Å²) in [6.07, 6.45) is 0.953. The Morgan fingerprint density at radius 3 is 2.36 bits per heavy atom. The minimum Gasteiger partial charge on any atom is -0.391 e. The van der Waals surface area contributed by atoms with Gasteiger partial charge in [0.05, 0.1) is 6.10 Å². The first-order chi connectivity index (χ1) is 5.02. The van der Waals surface area contributed by atoms with Gasteiger partial charge in [0.15, 0.2) is 0 Å². The second-order valence-electron chi connectivity index (χ2n) is 4.53. The highest BCUT2D eigenvalue weighted by atomic mass is 16.3. The van der Waals surface area contributed by atoms with Gasteiger partial charge in [-0.15, -0.1) is 0 Å². The van der Waals surface area contributed by atoms with E-state index in [1.165, 1.54) is 0 Å². The quantitative estimate of drug-likeness (QED) is 0.550. The molecule has 0 spiro atoms. The van der Waals surface area contributed by atoms with Gasteiger partial charge in [0.1, 0.15) is 0 Å². The van der Waals surface area contributed by atoms with Crippen LogP contribution in [0.3, 0.4) is 0 Å². The van der Waals surface area contributed by atoms with Gasteiger partial charge in [0.25, 0.3) is 0 Å². The molecule has 0 aliphatic carbocycles. The van der Waals surface area contributed by atoms with E-state index in [9.17, 15) is 5.11 Å². The van der Waals surface area contributed by atoms with Crippen LogP contribution >= 0.6 is 0 Å². The molecule has 0 aromatic carbocycles. The number of aliphatic hydroxyl groups is 1. The van der Waals surface area contributed by atoms with Gasteiger partial charge in [0, 0.05) is 6.54 Å². The Morgan fingerprint density at radius 1 is 1.36 bits per heavy atom. The summed E-state index contributed by atoms with van der Waals surface area (Å²) < 4.78 is 0. The fraction of sp³-hybridized carbons (Fsp3) is 1.00. The number of aliphatic hydroxyl groups excluding tert-OH is 1. The molecule has 11 heavy (non-hydrogen) atoms. The molecule has 1 rings (SSSR count). The maximum absolute atomic E-state index is 9.64. The predicted molar refractivity (Wildman–Crippen MR) is 46.4 cm³/mol. The monoisotopic (exact) mass is 157 g/mol. The topological polar surface area (TPSA) is 32.3 Å². The molecular formula is C9H19NO. The third kappa shape index (κ3) is 2.17. The molecule has 1 saturated heterocycles. The lowest BCUT2D eigenvalue weighted by Crippen LogP contribution is -2.45. The van der Waals surface area contributed by atoms with Crippen molar-refractivity contribution in [2.45, 2.75) is 33.3 Å². The number of nitrogens with one attached hydrogen (secondary N) is 1. The first-order valence-corrected chi connectivity index (χ1v) is 4.40. The molecule has 2 heteroatoms. The van der Waals surface area contributed by atoms with Crippen molar-refractivity contribution in [1.82, 2.24) is 5.32 Å². The predicted octanol–water partition coefficient (Wildman–Crippen LogP) is 1.00. The van der Waals surface area contributed by atoms with Gasteiger partial charge >= 0.3 is 0 Å². The maximum Gasteiger partial charge on any atom is 0.0698 e. The Bertz CT molecular complexity index is 128. The van der Waals surface area contributed by atoms with Gasteiger partial charge in [0.2, 0.25) is 0 Å². The molecule has 1 fully saturated rings. The molecule has 0 saturated carbocycles. The fourth-order valence-electron chi connectivity index (χ4n) is 1.85. The fourth-order valence-corrected chi connectivity index (χ4v) is 1.85. The van der Waals surface area contributed by atoms with E-state index in [1.807, 2.05) is 0 Å². The highest BCUT2D eigenvalue weighted by molar-refractivity contribution is 4.85. The van der Waals surface area contributed by atoms with E-state index in [-0.39, 0.29) is 11.5 Å². The molecule has 0 amide bonds. The summed E-state index contributed by atoms with van der Waals surface area (Å²) in [4.78, 5) is 0. The molecule has 0 bridgehead atoms. The van der Waals surface area contributed by atoms with Gasteiger partial charge in [-0.3, -0.25) is 0 Å². The molecule has 2 N–H and O–H groups in total. The lowest BCUT2D eigenvalue weighted by molar-refractivity contribution is 0.0206. The third-order valence-electron chi connectivity index (χ3n) is 2.56. The number of piperidine rings is 1. The number of hydrogen-bond donors (Lipinski definition) is 2. The highest BCUT2D eigenvalue weighted by Gasteiger charge is 2.32. The number of hydrogen-bond acceptors (Lipinski definition) is 2. The molecular weight excluding hydrogens is 138 g/mol. The van der Waals surface area contributed by atoms with Crippen LogP contribution in [0.1, 0.15) is 27.2 Å². The lowest BCUT2D eigenvalue weighted by atomic mass is 9.74. The van der Waals surface area contributed by atoms with Gasteiger partial charge in [-0.05, 0) is 24.3 Å². The summed E-state index contributed by atoms with van der Waals surface area (Å²) in [6.45, 7) is 8.42.